The molecule has 0 fully saturated rings. The van der Waals surface area contributed by atoms with Gasteiger partial charge in [0.25, 0.3) is 0 Å². The number of benzene rings is 1. The predicted molar refractivity (Wildman–Crippen MR) is 97.9 cm³/mol. The Labute approximate surface area is 156 Å². The lowest BCUT2D eigenvalue weighted by Gasteiger charge is -2.15. The maximum Gasteiger partial charge on any atom is 0.372 e. The van der Waals surface area contributed by atoms with Gasteiger partial charge in [-0.2, -0.15) is 0 Å². The third-order valence-electron chi connectivity index (χ3n) is 4.78. The third-order valence-corrected chi connectivity index (χ3v) is 5.03. The first kappa shape index (κ1) is 17.2. The van der Waals surface area contributed by atoms with Crippen molar-refractivity contribution in [1.82, 2.24) is 0 Å². The van der Waals surface area contributed by atoms with Gasteiger partial charge in [-0.05, 0) is 56.4 Å². The molecule has 0 unspecified atom stereocenters. The highest BCUT2D eigenvalue weighted by Crippen LogP contribution is 2.34. The zero-order valence-corrected chi connectivity index (χ0v) is 15.2. The molecule has 0 spiro atoms. The molecule has 0 radical (unpaired) electrons. The Balaban J connectivity index is 1.42. The van der Waals surface area contributed by atoms with Crippen molar-refractivity contribution < 1.29 is 18.8 Å². The second-order valence-electron chi connectivity index (χ2n) is 6.61. The van der Waals surface area contributed by atoms with Gasteiger partial charge in [-0.1, -0.05) is 16.8 Å². The number of carbonyl (C=O) groups excluding carboxylic acids is 1. The molecule has 0 atom stereocenters. The zero-order chi connectivity index (χ0) is 17.9. The van der Waals surface area contributed by atoms with Crippen molar-refractivity contribution in [1.29, 1.82) is 0 Å². The van der Waals surface area contributed by atoms with E-state index in [9.17, 15) is 4.79 Å². The summed E-state index contributed by atoms with van der Waals surface area (Å²) in [6, 6.07) is 6.81. The molecule has 6 heteroatoms. The van der Waals surface area contributed by atoms with Crippen LogP contribution < -0.4 is 4.74 Å². The highest BCUT2D eigenvalue weighted by Gasteiger charge is 2.28. The molecule has 1 aromatic heterocycles. The Morgan fingerprint density at radius 3 is 2.65 bits per heavy atom. The minimum Gasteiger partial charge on any atom is -0.482 e. The van der Waals surface area contributed by atoms with Gasteiger partial charge in [0.1, 0.15) is 17.3 Å². The van der Waals surface area contributed by atoms with E-state index in [1.165, 1.54) is 18.4 Å². The van der Waals surface area contributed by atoms with Gasteiger partial charge in [-0.25, -0.2) is 4.79 Å². The smallest absolute Gasteiger partial charge is 0.372 e. The number of halogens is 1. The summed E-state index contributed by atoms with van der Waals surface area (Å²) in [7, 11) is 0. The normalized spacial score (nSPS) is 17.5. The second-order valence-corrected chi connectivity index (χ2v) is 7.04. The topological polar surface area (TPSA) is 61.0 Å². The molecule has 0 amide bonds. The first-order valence-electron chi connectivity index (χ1n) is 8.99. The summed E-state index contributed by atoms with van der Waals surface area (Å²) in [5.74, 6) is 2.11. The fourth-order valence-corrected chi connectivity index (χ4v) is 3.70. The van der Waals surface area contributed by atoms with E-state index in [1.54, 1.807) is 24.3 Å². The number of nitrogens with zero attached hydrogens (tertiary/aromatic N) is 1. The van der Waals surface area contributed by atoms with Crippen LogP contribution in [0.15, 0.2) is 33.8 Å². The molecule has 0 saturated heterocycles. The van der Waals surface area contributed by atoms with Gasteiger partial charge in [-0.15, -0.1) is 0 Å². The number of aryl methyl sites for hydroxylation is 2. The molecule has 26 heavy (non-hydrogen) atoms. The lowest BCUT2D eigenvalue weighted by molar-refractivity contribution is -0.146. The minimum atomic E-state index is -0.531. The van der Waals surface area contributed by atoms with Crippen LogP contribution in [0.4, 0.5) is 0 Å². The molecule has 4 rings (SSSR count). The molecular formula is C20H20ClNO4. The van der Waals surface area contributed by atoms with E-state index in [1.807, 2.05) is 0 Å². The molecule has 2 aliphatic carbocycles. The van der Waals surface area contributed by atoms with Crippen molar-refractivity contribution in [2.75, 3.05) is 6.61 Å². The molecular weight excluding hydrogens is 354 g/mol. The molecule has 0 aliphatic heterocycles. The van der Waals surface area contributed by atoms with E-state index in [0.29, 0.717) is 10.8 Å². The van der Waals surface area contributed by atoms with Gasteiger partial charge in [-0.3, -0.25) is 0 Å². The quantitative estimate of drug-likeness (QED) is 0.585. The largest absolute Gasteiger partial charge is 0.482 e. The van der Waals surface area contributed by atoms with E-state index in [4.69, 9.17) is 25.6 Å². The lowest BCUT2D eigenvalue weighted by atomic mass is 9.88. The summed E-state index contributed by atoms with van der Waals surface area (Å²) < 4.78 is 11.4. The summed E-state index contributed by atoms with van der Waals surface area (Å²) in [4.78, 5) is 17.1. The second kappa shape index (κ2) is 7.54. The number of furan rings is 1. The molecule has 5 nitrogen and oxygen atoms in total. The first-order valence-corrected chi connectivity index (χ1v) is 9.37. The highest BCUT2D eigenvalue weighted by molar-refractivity contribution is 6.30. The van der Waals surface area contributed by atoms with Gasteiger partial charge in [0.2, 0.25) is 0 Å². The fraction of sp³-hybridized carbons (Fsp3) is 0.400. The van der Waals surface area contributed by atoms with Crippen molar-refractivity contribution in [2.45, 2.75) is 44.9 Å². The predicted octanol–water partition coefficient (Wildman–Crippen LogP) is 4.47. The SMILES string of the molecule is O=C(COc1ccc(Cl)cc1)O/N=C1/CCCc2oc3c(c21)CCCC3. The zero-order valence-electron chi connectivity index (χ0n) is 14.4. The monoisotopic (exact) mass is 373 g/mol. The molecule has 1 heterocycles. The molecule has 1 aromatic carbocycles. The number of ether oxygens (including phenoxy) is 1. The van der Waals surface area contributed by atoms with E-state index in [2.05, 4.69) is 5.16 Å². The Bertz CT molecular complexity index is 838. The number of fused-ring (bicyclic) bond motifs is 3. The standard InChI is InChI=1S/C20H20ClNO4/c21-13-8-10-14(11-9-13)24-12-19(23)26-22-16-5-3-7-18-20(16)15-4-1-2-6-17(15)25-18/h8-11H,1-7,12H2/b22-16-. The summed E-state index contributed by atoms with van der Waals surface area (Å²) in [5, 5.41) is 4.75. The van der Waals surface area contributed by atoms with Crippen molar-refractivity contribution in [3.05, 3.63) is 51.9 Å². The van der Waals surface area contributed by atoms with E-state index < -0.39 is 5.97 Å². The summed E-state index contributed by atoms with van der Waals surface area (Å²) in [6.07, 6.45) is 7.02. The molecule has 136 valence electrons. The Morgan fingerprint density at radius 1 is 1.04 bits per heavy atom. The first-order chi connectivity index (χ1) is 12.7. The third kappa shape index (κ3) is 3.63. The van der Waals surface area contributed by atoms with Crippen LogP contribution in [-0.2, 0) is 28.9 Å². The van der Waals surface area contributed by atoms with E-state index >= 15 is 0 Å². The lowest BCUT2D eigenvalue weighted by Crippen LogP contribution is -2.17. The number of carbonyl (C=O) groups is 1. The maximum absolute atomic E-state index is 12.0. The molecule has 0 N–H and O–H groups in total. The van der Waals surface area contributed by atoms with Crippen LogP contribution in [0, 0.1) is 0 Å². The molecule has 0 saturated carbocycles. The van der Waals surface area contributed by atoms with Gasteiger partial charge in [0.05, 0.1) is 5.71 Å². The van der Waals surface area contributed by atoms with Crippen LogP contribution in [0.5, 0.6) is 5.75 Å². The van der Waals surface area contributed by atoms with Crippen LogP contribution in [-0.4, -0.2) is 18.3 Å². The summed E-state index contributed by atoms with van der Waals surface area (Å²) >= 11 is 5.82. The van der Waals surface area contributed by atoms with Gasteiger partial charge >= 0.3 is 5.97 Å². The van der Waals surface area contributed by atoms with E-state index in [0.717, 1.165) is 54.9 Å². The van der Waals surface area contributed by atoms with Crippen molar-refractivity contribution in [2.24, 2.45) is 5.16 Å². The number of rotatable bonds is 4. The van der Waals surface area contributed by atoms with Crippen LogP contribution in [0.25, 0.3) is 0 Å². The van der Waals surface area contributed by atoms with Crippen molar-refractivity contribution in [3.63, 3.8) is 0 Å². The molecule has 0 bridgehead atoms. The Hall–Kier alpha value is -2.27. The van der Waals surface area contributed by atoms with E-state index in [-0.39, 0.29) is 6.61 Å². The average Bonchev–Trinajstić information content (AvgIpc) is 3.05. The van der Waals surface area contributed by atoms with Crippen LogP contribution in [0.3, 0.4) is 0 Å². The molecule has 2 aliphatic rings. The fourth-order valence-electron chi connectivity index (χ4n) is 3.57. The Kier molecular flexibility index (Phi) is 4.98. The number of hydrogen-bond acceptors (Lipinski definition) is 5. The highest BCUT2D eigenvalue weighted by atomic mass is 35.5. The summed E-state index contributed by atoms with van der Waals surface area (Å²) in [5.41, 5.74) is 3.16. The number of oxime groups is 1. The minimum absolute atomic E-state index is 0.200. The van der Waals surface area contributed by atoms with Gasteiger partial charge in [0.15, 0.2) is 6.61 Å². The van der Waals surface area contributed by atoms with Crippen molar-refractivity contribution in [3.8, 4) is 5.75 Å². The average molecular weight is 374 g/mol. The van der Waals surface area contributed by atoms with Crippen molar-refractivity contribution >= 4 is 23.3 Å². The number of hydrogen-bond donors (Lipinski definition) is 0. The summed E-state index contributed by atoms with van der Waals surface area (Å²) in [6.45, 7) is -0.200. The Morgan fingerprint density at radius 2 is 1.81 bits per heavy atom. The van der Waals surface area contributed by atoms with Crippen LogP contribution in [0.1, 0.15) is 48.3 Å². The van der Waals surface area contributed by atoms with Crippen LogP contribution in [0.2, 0.25) is 5.02 Å². The van der Waals surface area contributed by atoms with Gasteiger partial charge < -0.3 is 14.0 Å². The maximum atomic E-state index is 12.0. The molecule has 2 aromatic rings. The van der Waals surface area contributed by atoms with Crippen LogP contribution >= 0.6 is 11.6 Å². The van der Waals surface area contributed by atoms with Gasteiger partial charge in [0, 0.05) is 29.0 Å².